The van der Waals surface area contributed by atoms with Crippen LogP contribution in [0.5, 0.6) is 5.75 Å². The summed E-state index contributed by atoms with van der Waals surface area (Å²) in [5.41, 5.74) is 5.90. The van der Waals surface area contributed by atoms with Gasteiger partial charge in [0, 0.05) is 17.4 Å². The Balaban J connectivity index is 2.34. The number of carbonyl (C=O) groups is 2. The van der Waals surface area contributed by atoms with Crippen LogP contribution in [-0.2, 0) is 9.59 Å². The summed E-state index contributed by atoms with van der Waals surface area (Å²) in [6.45, 7) is 0.307. The lowest BCUT2D eigenvalue weighted by atomic mass is 10.1. The second kappa shape index (κ2) is 4.97. The van der Waals surface area contributed by atoms with E-state index < -0.39 is 11.8 Å². The molecule has 2 rings (SSSR count). The molecule has 1 unspecified atom stereocenters. The molecule has 2 amide bonds. The highest BCUT2D eigenvalue weighted by atomic mass is 79.9. The highest BCUT2D eigenvalue weighted by Gasteiger charge is 2.35. The number of nitrogens with two attached hydrogens (primary N) is 1. The van der Waals surface area contributed by atoms with Gasteiger partial charge in [-0.2, -0.15) is 0 Å². The fourth-order valence-electron chi connectivity index (χ4n) is 2.01. The molecule has 0 aliphatic carbocycles. The standard InChI is InChI=1S/C12H13BrN2O3/c1-18-10-3-2-8(13)5-9(10)15-6-7(12(14)17)4-11(15)16/h2-3,5,7H,4,6H2,1H3,(H2,14,17). The van der Waals surface area contributed by atoms with Gasteiger partial charge in [0.05, 0.1) is 18.7 Å². The summed E-state index contributed by atoms with van der Waals surface area (Å²) in [6.07, 6.45) is 0.158. The third kappa shape index (κ3) is 2.33. The van der Waals surface area contributed by atoms with Crippen LogP contribution in [0.3, 0.4) is 0 Å². The van der Waals surface area contributed by atoms with Crippen molar-refractivity contribution in [2.75, 3.05) is 18.6 Å². The summed E-state index contributed by atoms with van der Waals surface area (Å²) >= 11 is 3.35. The summed E-state index contributed by atoms with van der Waals surface area (Å²) in [4.78, 5) is 24.6. The number of carbonyl (C=O) groups excluding carboxylic acids is 2. The van der Waals surface area contributed by atoms with Crippen molar-refractivity contribution in [1.82, 2.24) is 0 Å². The molecule has 5 nitrogen and oxygen atoms in total. The molecule has 1 fully saturated rings. The van der Waals surface area contributed by atoms with Gasteiger partial charge in [-0.1, -0.05) is 15.9 Å². The van der Waals surface area contributed by atoms with E-state index in [1.165, 1.54) is 0 Å². The summed E-state index contributed by atoms with van der Waals surface area (Å²) in [6, 6.07) is 5.39. The summed E-state index contributed by atoms with van der Waals surface area (Å²) < 4.78 is 6.07. The van der Waals surface area contributed by atoms with Crippen molar-refractivity contribution in [2.45, 2.75) is 6.42 Å². The molecule has 2 N–H and O–H groups in total. The monoisotopic (exact) mass is 312 g/mol. The van der Waals surface area contributed by atoms with Crippen molar-refractivity contribution < 1.29 is 14.3 Å². The summed E-state index contributed by atoms with van der Waals surface area (Å²) in [5, 5.41) is 0. The predicted octanol–water partition coefficient (Wildman–Crippen LogP) is 1.30. The van der Waals surface area contributed by atoms with Gasteiger partial charge in [-0.05, 0) is 18.2 Å². The Morgan fingerprint density at radius 1 is 1.56 bits per heavy atom. The first-order valence-corrected chi connectivity index (χ1v) is 6.25. The third-order valence-corrected chi connectivity index (χ3v) is 3.45. The zero-order valence-corrected chi connectivity index (χ0v) is 11.4. The number of hydrogen-bond donors (Lipinski definition) is 1. The topological polar surface area (TPSA) is 72.6 Å². The van der Waals surface area contributed by atoms with Crippen LogP contribution in [0.2, 0.25) is 0 Å². The van der Waals surface area contributed by atoms with E-state index in [9.17, 15) is 9.59 Å². The molecule has 0 spiro atoms. The largest absolute Gasteiger partial charge is 0.495 e. The number of methoxy groups -OCH3 is 1. The lowest BCUT2D eigenvalue weighted by Gasteiger charge is -2.19. The van der Waals surface area contributed by atoms with E-state index in [-0.39, 0.29) is 12.3 Å². The molecule has 96 valence electrons. The first-order chi connectivity index (χ1) is 8.52. The fourth-order valence-corrected chi connectivity index (χ4v) is 2.35. The van der Waals surface area contributed by atoms with E-state index in [1.54, 1.807) is 24.1 Å². The molecule has 0 bridgehead atoms. The Morgan fingerprint density at radius 3 is 2.83 bits per heavy atom. The van der Waals surface area contributed by atoms with Crippen LogP contribution < -0.4 is 15.4 Å². The number of primary amides is 1. The molecular formula is C12H13BrN2O3. The number of halogens is 1. The minimum absolute atomic E-state index is 0.116. The van der Waals surface area contributed by atoms with Crippen LogP contribution in [-0.4, -0.2) is 25.5 Å². The SMILES string of the molecule is COc1ccc(Br)cc1N1CC(C(N)=O)CC1=O. The maximum atomic E-state index is 11.9. The molecule has 1 heterocycles. The molecule has 1 aliphatic heterocycles. The predicted molar refractivity (Wildman–Crippen MR) is 70.3 cm³/mol. The Bertz CT molecular complexity index is 504. The van der Waals surface area contributed by atoms with Crippen LogP contribution in [0.25, 0.3) is 0 Å². The number of rotatable bonds is 3. The molecular weight excluding hydrogens is 300 g/mol. The van der Waals surface area contributed by atoms with E-state index in [0.29, 0.717) is 18.0 Å². The van der Waals surface area contributed by atoms with Crippen LogP contribution in [0, 0.1) is 5.92 Å². The van der Waals surface area contributed by atoms with Gasteiger partial charge in [-0.15, -0.1) is 0 Å². The molecule has 18 heavy (non-hydrogen) atoms. The van der Waals surface area contributed by atoms with Gasteiger partial charge in [0.1, 0.15) is 5.75 Å². The zero-order valence-electron chi connectivity index (χ0n) is 9.85. The summed E-state index contributed by atoms with van der Waals surface area (Å²) in [5.74, 6) is -0.395. The van der Waals surface area contributed by atoms with E-state index >= 15 is 0 Å². The van der Waals surface area contributed by atoms with Gasteiger partial charge < -0.3 is 15.4 Å². The van der Waals surface area contributed by atoms with E-state index in [1.807, 2.05) is 6.07 Å². The van der Waals surface area contributed by atoms with Gasteiger partial charge in [-0.25, -0.2) is 0 Å². The van der Waals surface area contributed by atoms with E-state index in [0.717, 1.165) is 4.47 Å². The Labute approximate surface area is 113 Å². The van der Waals surface area contributed by atoms with E-state index in [4.69, 9.17) is 10.5 Å². The minimum atomic E-state index is -0.445. The van der Waals surface area contributed by atoms with Gasteiger partial charge in [-0.3, -0.25) is 9.59 Å². The van der Waals surface area contributed by atoms with Crippen molar-refractivity contribution >= 4 is 33.4 Å². The maximum Gasteiger partial charge on any atom is 0.227 e. The number of nitrogens with zero attached hydrogens (tertiary/aromatic N) is 1. The van der Waals surface area contributed by atoms with Gasteiger partial charge in [0.25, 0.3) is 0 Å². The number of benzene rings is 1. The van der Waals surface area contributed by atoms with Gasteiger partial charge >= 0.3 is 0 Å². The van der Waals surface area contributed by atoms with Crippen molar-refractivity contribution in [2.24, 2.45) is 11.7 Å². The van der Waals surface area contributed by atoms with Gasteiger partial charge in [0.2, 0.25) is 11.8 Å². The van der Waals surface area contributed by atoms with Crippen molar-refractivity contribution in [3.63, 3.8) is 0 Å². The average Bonchev–Trinajstić information content (AvgIpc) is 2.71. The second-order valence-electron chi connectivity index (χ2n) is 4.12. The highest BCUT2D eigenvalue weighted by Crippen LogP contribution is 2.35. The summed E-state index contributed by atoms with van der Waals surface area (Å²) in [7, 11) is 1.54. The van der Waals surface area contributed by atoms with Crippen LogP contribution in [0.1, 0.15) is 6.42 Å². The molecule has 1 atom stereocenters. The molecule has 1 aliphatic rings. The van der Waals surface area contributed by atoms with Crippen LogP contribution >= 0.6 is 15.9 Å². The fraction of sp³-hybridized carbons (Fsp3) is 0.333. The van der Waals surface area contributed by atoms with Crippen molar-refractivity contribution in [1.29, 1.82) is 0 Å². The molecule has 0 aromatic heterocycles. The van der Waals surface area contributed by atoms with Crippen LogP contribution in [0.4, 0.5) is 5.69 Å². The van der Waals surface area contributed by atoms with Crippen molar-refractivity contribution in [3.8, 4) is 5.75 Å². The zero-order chi connectivity index (χ0) is 13.3. The lowest BCUT2D eigenvalue weighted by molar-refractivity contribution is -0.123. The Hall–Kier alpha value is -1.56. The Morgan fingerprint density at radius 2 is 2.28 bits per heavy atom. The normalized spacial score (nSPS) is 19.1. The minimum Gasteiger partial charge on any atom is -0.495 e. The Kier molecular flexibility index (Phi) is 3.56. The maximum absolute atomic E-state index is 11.9. The number of amides is 2. The number of ether oxygens (including phenoxy) is 1. The first kappa shape index (κ1) is 12.9. The first-order valence-electron chi connectivity index (χ1n) is 5.46. The average molecular weight is 313 g/mol. The van der Waals surface area contributed by atoms with Crippen LogP contribution in [0.15, 0.2) is 22.7 Å². The van der Waals surface area contributed by atoms with E-state index in [2.05, 4.69) is 15.9 Å². The number of hydrogen-bond acceptors (Lipinski definition) is 3. The molecule has 0 saturated carbocycles. The van der Waals surface area contributed by atoms with Crippen molar-refractivity contribution in [3.05, 3.63) is 22.7 Å². The number of anilines is 1. The molecule has 1 aromatic rings. The molecule has 1 saturated heterocycles. The smallest absolute Gasteiger partial charge is 0.227 e. The molecule has 6 heteroatoms. The quantitative estimate of drug-likeness (QED) is 0.914. The highest BCUT2D eigenvalue weighted by molar-refractivity contribution is 9.10. The second-order valence-corrected chi connectivity index (χ2v) is 5.04. The van der Waals surface area contributed by atoms with Gasteiger partial charge in [0.15, 0.2) is 0 Å². The lowest BCUT2D eigenvalue weighted by Crippen LogP contribution is -2.28. The third-order valence-electron chi connectivity index (χ3n) is 2.96. The molecule has 0 radical (unpaired) electrons. The molecule has 1 aromatic carbocycles.